The Hall–Kier alpha value is -1.95. The summed E-state index contributed by atoms with van der Waals surface area (Å²) < 4.78 is 1.92. The van der Waals surface area contributed by atoms with Crippen LogP contribution in [0, 0.1) is 5.92 Å². The van der Waals surface area contributed by atoms with Crippen molar-refractivity contribution < 1.29 is 4.79 Å². The van der Waals surface area contributed by atoms with Crippen LogP contribution in [-0.2, 0) is 0 Å². The second-order valence-electron chi connectivity index (χ2n) is 8.30. The Morgan fingerprint density at radius 2 is 1.96 bits per heavy atom. The zero-order valence-corrected chi connectivity index (χ0v) is 17.3. The highest BCUT2D eigenvalue weighted by atomic mass is 16.2. The summed E-state index contributed by atoms with van der Waals surface area (Å²) in [5, 5.41) is 8.60. The van der Waals surface area contributed by atoms with Gasteiger partial charge in [0.2, 0.25) is 0 Å². The van der Waals surface area contributed by atoms with E-state index in [9.17, 15) is 4.79 Å². The third-order valence-electron chi connectivity index (χ3n) is 5.60. The first kappa shape index (κ1) is 19.8. The largest absolute Gasteiger partial charge is 0.339 e. The van der Waals surface area contributed by atoms with Crippen LogP contribution in [0.3, 0.4) is 0 Å². The number of hydrogen-bond acceptors (Lipinski definition) is 4. The van der Waals surface area contributed by atoms with Crippen LogP contribution < -0.4 is 5.32 Å². The molecule has 0 saturated carbocycles. The number of rotatable bonds is 6. The molecule has 0 unspecified atom stereocenters. The van der Waals surface area contributed by atoms with Crippen molar-refractivity contribution in [1.29, 1.82) is 0 Å². The van der Waals surface area contributed by atoms with E-state index in [4.69, 9.17) is 4.98 Å². The molecule has 27 heavy (non-hydrogen) atoms. The summed E-state index contributed by atoms with van der Waals surface area (Å²) in [6, 6.07) is 2.19. The number of likely N-dealkylation sites (tertiary alicyclic amines) is 1. The summed E-state index contributed by atoms with van der Waals surface area (Å²) >= 11 is 0. The zero-order chi connectivity index (χ0) is 19.6. The molecule has 1 aliphatic heterocycles. The predicted octanol–water partition coefficient (Wildman–Crippen LogP) is 3.60. The van der Waals surface area contributed by atoms with Crippen molar-refractivity contribution >= 4 is 16.9 Å². The molecule has 148 valence electrons. The van der Waals surface area contributed by atoms with E-state index >= 15 is 0 Å². The van der Waals surface area contributed by atoms with Crippen LogP contribution in [0.1, 0.15) is 75.0 Å². The van der Waals surface area contributed by atoms with E-state index in [-0.39, 0.29) is 17.9 Å². The van der Waals surface area contributed by atoms with Gasteiger partial charge in [0.1, 0.15) is 0 Å². The van der Waals surface area contributed by atoms with Gasteiger partial charge in [-0.05, 0) is 64.6 Å². The van der Waals surface area contributed by atoms with Gasteiger partial charge < -0.3 is 10.2 Å². The third-order valence-corrected chi connectivity index (χ3v) is 5.60. The lowest BCUT2D eigenvalue weighted by Gasteiger charge is -2.32. The van der Waals surface area contributed by atoms with Gasteiger partial charge in [-0.2, -0.15) is 5.10 Å². The minimum atomic E-state index is 0.125. The highest BCUT2D eigenvalue weighted by Gasteiger charge is 2.26. The van der Waals surface area contributed by atoms with Crippen molar-refractivity contribution in [2.24, 2.45) is 5.92 Å². The Balaban J connectivity index is 1.88. The summed E-state index contributed by atoms with van der Waals surface area (Å²) in [4.78, 5) is 20.2. The summed E-state index contributed by atoms with van der Waals surface area (Å²) in [7, 11) is 2.00. The van der Waals surface area contributed by atoms with Crippen LogP contribution in [-0.4, -0.2) is 52.3 Å². The maximum Gasteiger partial charge on any atom is 0.254 e. The molecule has 6 nitrogen and oxygen atoms in total. The normalized spacial score (nSPS) is 16.0. The van der Waals surface area contributed by atoms with E-state index in [0.29, 0.717) is 5.92 Å². The van der Waals surface area contributed by atoms with Crippen LogP contribution in [0.25, 0.3) is 11.0 Å². The SMILES string of the molecule is CNCCC1CCN(C(=O)c2cc(C(C)C)nc3c2cnn3C(C)C)CC1. The van der Waals surface area contributed by atoms with Gasteiger partial charge in [0.05, 0.1) is 17.1 Å². The molecule has 1 N–H and O–H groups in total. The molecule has 0 bridgehead atoms. The molecule has 2 aromatic heterocycles. The van der Waals surface area contributed by atoms with Gasteiger partial charge in [-0.25, -0.2) is 9.67 Å². The third kappa shape index (κ3) is 4.15. The lowest BCUT2D eigenvalue weighted by molar-refractivity contribution is 0.0689. The van der Waals surface area contributed by atoms with Gasteiger partial charge in [-0.3, -0.25) is 4.79 Å². The van der Waals surface area contributed by atoms with Gasteiger partial charge in [0.15, 0.2) is 5.65 Å². The number of amides is 1. The van der Waals surface area contributed by atoms with E-state index in [2.05, 4.69) is 38.1 Å². The summed E-state index contributed by atoms with van der Waals surface area (Å²) in [5.74, 6) is 1.11. The van der Waals surface area contributed by atoms with Crippen molar-refractivity contribution in [2.45, 2.75) is 58.9 Å². The molecule has 1 saturated heterocycles. The Labute approximate surface area is 162 Å². The number of aromatic nitrogens is 3. The Morgan fingerprint density at radius 1 is 1.26 bits per heavy atom. The molecule has 2 aromatic rings. The fraction of sp³-hybridized carbons (Fsp3) is 0.667. The standard InChI is InChI=1S/C21H33N5O/c1-14(2)19-12-17(18-13-23-26(15(3)4)20(18)24-19)21(27)25-10-7-16(8-11-25)6-9-22-5/h12-16,22H,6-11H2,1-5H3. The van der Waals surface area contributed by atoms with Gasteiger partial charge >= 0.3 is 0 Å². The van der Waals surface area contributed by atoms with Crippen LogP contribution in [0.2, 0.25) is 0 Å². The maximum absolute atomic E-state index is 13.3. The molecule has 6 heteroatoms. The molecule has 1 aliphatic rings. The van der Waals surface area contributed by atoms with E-state index in [1.54, 1.807) is 6.20 Å². The minimum Gasteiger partial charge on any atom is -0.339 e. The zero-order valence-electron chi connectivity index (χ0n) is 17.3. The molecule has 1 fully saturated rings. The van der Waals surface area contributed by atoms with Crippen LogP contribution in [0.4, 0.5) is 0 Å². The Morgan fingerprint density at radius 3 is 2.56 bits per heavy atom. The first-order valence-electron chi connectivity index (χ1n) is 10.2. The van der Waals surface area contributed by atoms with Crippen molar-refractivity contribution in [3.05, 3.63) is 23.5 Å². The molecule has 0 spiro atoms. The monoisotopic (exact) mass is 371 g/mol. The molecule has 1 amide bonds. The quantitative estimate of drug-likeness (QED) is 0.843. The average Bonchev–Trinajstić information content (AvgIpc) is 3.09. The second kappa shape index (κ2) is 8.38. The number of hydrogen-bond donors (Lipinski definition) is 1. The van der Waals surface area contributed by atoms with E-state index in [1.165, 1.54) is 6.42 Å². The Bertz CT molecular complexity index is 787. The summed E-state index contributed by atoms with van der Waals surface area (Å²) in [5.41, 5.74) is 2.53. The van der Waals surface area contributed by atoms with Crippen molar-refractivity contribution in [3.8, 4) is 0 Å². The lowest BCUT2D eigenvalue weighted by atomic mass is 9.93. The van der Waals surface area contributed by atoms with Crippen LogP contribution in [0.5, 0.6) is 0 Å². The smallest absolute Gasteiger partial charge is 0.254 e. The van der Waals surface area contributed by atoms with E-state index in [0.717, 1.165) is 54.8 Å². The van der Waals surface area contributed by atoms with Crippen LogP contribution in [0.15, 0.2) is 12.3 Å². The number of nitrogens with zero attached hydrogens (tertiary/aromatic N) is 4. The number of piperidine rings is 1. The van der Waals surface area contributed by atoms with Crippen LogP contribution >= 0.6 is 0 Å². The molecule has 0 aliphatic carbocycles. The van der Waals surface area contributed by atoms with Gasteiger partial charge in [-0.15, -0.1) is 0 Å². The molecule has 3 heterocycles. The second-order valence-corrected chi connectivity index (χ2v) is 8.30. The number of carbonyl (C=O) groups excluding carboxylic acids is 1. The molecule has 0 radical (unpaired) electrons. The fourth-order valence-electron chi connectivity index (χ4n) is 3.83. The Kier molecular flexibility index (Phi) is 6.15. The van der Waals surface area contributed by atoms with Crippen molar-refractivity contribution in [1.82, 2.24) is 25.0 Å². The average molecular weight is 372 g/mol. The number of pyridine rings is 1. The number of carbonyl (C=O) groups is 1. The van der Waals surface area contributed by atoms with Crippen molar-refractivity contribution in [2.75, 3.05) is 26.7 Å². The summed E-state index contributed by atoms with van der Waals surface area (Å²) in [6.07, 6.45) is 5.17. The molecular weight excluding hydrogens is 338 g/mol. The topological polar surface area (TPSA) is 63.1 Å². The maximum atomic E-state index is 13.3. The molecule has 0 atom stereocenters. The predicted molar refractivity (Wildman–Crippen MR) is 109 cm³/mol. The molecule has 3 rings (SSSR count). The molecular formula is C21H33N5O. The van der Waals surface area contributed by atoms with E-state index < -0.39 is 0 Å². The first-order chi connectivity index (χ1) is 12.9. The molecule has 0 aromatic carbocycles. The highest BCUT2D eigenvalue weighted by Crippen LogP contribution is 2.27. The fourth-order valence-corrected chi connectivity index (χ4v) is 3.83. The lowest BCUT2D eigenvalue weighted by Crippen LogP contribution is -2.39. The number of nitrogens with one attached hydrogen (secondary N) is 1. The van der Waals surface area contributed by atoms with Gasteiger partial charge in [-0.1, -0.05) is 13.8 Å². The van der Waals surface area contributed by atoms with E-state index in [1.807, 2.05) is 22.7 Å². The summed E-state index contributed by atoms with van der Waals surface area (Å²) in [6.45, 7) is 11.1. The van der Waals surface area contributed by atoms with Crippen molar-refractivity contribution in [3.63, 3.8) is 0 Å². The minimum absolute atomic E-state index is 0.125. The number of fused-ring (bicyclic) bond motifs is 1. The van der Waals surface area contributed by atoms with Gasteiger partial charge in [0.25, 0.3) is 5.91 Å². The van der Waals surface area contributed by atoms with Gasteiger partial charge in [0, 0.05) is 24.8 Å². The first-order valence-corrected chi connectivity index (χ1v) is 10.2. The highest BCUT2D eigenvalue weighted by molar-refractivity contribution is 6.05.